The number of halogens is 2. The van der Waals surface area contributed by atoms with Crippen molar-refractivity contribution in [3.63, 3.8) is 0 Å². The van der Waals surface area contributed by atoms with Crippen molar-refractivity contribution in [2.45, 2.75) is 26.7 Å². The normalized spacial score (nSPS) is 11.8. The van der Waals surface area contributed by atoms with E-state index in [9.17, 15) is 8.78 Å². The van der Waals surface area contributed by atoms with Crippen molar-refractivity contribution in [2.24, 2.45) is 5.41 Å². The molecule has 90 valence electrons. The molecule has 0 atom stereocenters. The van der Waals surface area contributed by atoms with Crippen molar-refractivity contribution >= 4 is 0 Å². The summed E-state index contributed by atoms with van der Waals surface area (Å²) >= 11 is 0. The first kappa shape index (κ1) is 13.1. The molecule has 1 aromatic carbocycles. The van der Waals surface area contributed by atoms with Gasteiger partial charge in [-0.2, -0.15) is 0 Å². The Morgan fingerprint density at radius 2 is 1.94 bits per heavy atom. The standard InChI is InChI=1S/C13H19F2N/c1-13(2,6-7-16-3)9-10-8-11(14)4-5-12(10)15/h4-5,8,16H,6-7,9H2,1-3H3. The third-order valence-corrected chi connectivity index (χ3v) is 2.73. The summed E-state index contributed by atoms with van der Waals surface area (Å²) in [7, 11) is 1.89. The zero-order valence-corrected chi connectivity index (χ0v) is 10.1. The zero-order valence-electron chi connectivity index (χ0n) is 10.1. The number of rotatable bonds is 5. The fourth-order valence-electron chi connectivity index (χ4n) is 1.75. The van der Waals surface area contributed by atoms with Crippen LogP contribution in [-0.4, -0.2) is 13.6 Å². The van der Waals surface area contributed by atoms with E-state index in [0.717, 1.165) is 19.0 Å². The number of hydrogen-bond donors (Lipinski definition) is 1. The van der Waals surface area contributed by atoms with Crippen LogP contribution >= 0.6 is 0 Å². The predicted molar refractivity (Wildman–Crippen MR) is 62.4 cm³/mol. The molecule has 1 N–H and O–H groups in total. The average Bonchev–Trinajstić information content (AvgIpc) is 2.20. The van der Waals surface area contributed by atoms with Crippen LogP contribution in [0.2, 0.25) is 0 Å². The largest absolute Gasteiger partial charge is 0.320 e. The first-order chi connectivity index (χ1) is 7.44. The molecule has 0 saturated carbocycles. The lowest BCUT2D eigenvalue weighted by molar-refractivity contribution is 0.324. The summed E-state index contributed by atoms with van der Waals surface area (Å²) in [6.07, 6.45) is 1.48. The van der Waals surface area contributed by atoms with Gasteiger partial charge >= 0.3 is 0 Å². The molecule has 0 aliphatic carbocycles. The lowest BCUT2D eigenvalue weighted by atomic mass is 9.82. The Bertz CT molecular complexity index is 348. The van der Waals surface area contributed by atoms with E-state index in [4.69, 9.17) is 0 Å². The highest BCUT2D eigenvalue weighted by Gasteiger charge is 2.20. The Kier molecular flexibility index (Phi) is 4.42. The van der Waals surface area contributed by atoms with Gasteiger partial charge < -0.3 is 5.32 Å². The van der Waals surface area contributed by atoms with Crippen molar-refractivity contribution in [1.82, 2.24) is 5.32 Å². The Labute approximate surface area is 95.9 Å². The van der Waals surface area contributed by atoms with Crippen LogP contribution in [0, 0.1) is 17.0 Å². The van der Waals surface area contributed by atoms with Gasteiger partial charge in [0.05, 0.1) is 0 Å². The van der Waals surface area contributed by atoms with E-state index in [-0.39, 0.29) is 17.0 Å². The second-order valence-corrected chi connectivity index (χ2v) is 4.93. The maximum atomic E-state index is 13.4. The van der Waals surface area contributed by atoms with E-state index in [1.165, 1.54) is 12.1 Å². The average molecular weight is 227 g/mol. The lowest BCUT2D eigenvalue weighted by Gasteiger charge is -2.24. The molecule has 1 rings (SSSR count). The van der Waals surface area contributed by atoms with Crippen LogP contribution in [0.4, 0.5) is 8.78 Å². The van der Waals surface area contributed by atoms with Crippen molar-refractivity contribution in [1.29, 1.82) is 0 Å². The van der Waals surface area contributed by atoms with Gasteiger partial charge in [0.2, 0.25) is 0 Å². The summed E-state index contributed by atoms with van der Waals surface area (Å²) in [5.41, 5.74) is 0.429. The van der Waals surface area contributed by atoms with Crippen molar-refractivity contribution in [2.75, 3.05) is 13.6 Å². The van der Waals surface area contributed by atoms with Crippen molar-refractivity contribution < 1.29 is 8.78 Å². The number of nitrogens with one attached hydrogen (secondary N) is 1. The Hall–Kier alpha value is -0.960. The molecule has 0 aliphatic heterocycles. The fraction of sp³-hybridized carbons (Fsp3) is 0.538. The Morgan fingerprint density at radius 1 is 1.25 bits per heavy atom. The number of benzene rings is 1. The summed E-state index contributed by atoms with van der Waals surface area (Å²) in [6.45, 7) is 5.01. The van der Waals surface area contributed by atoms with E-state index in [2.05, 4.69) is 19.2 Å². The highest BCUT2D eigenvalue weighted by atomic mass is 19.1. The summed E-state index contributed by atoms with van der Waals surface area (Å²) in [6, 6.07) is 3.63. The third-order valence-electron chi connectivity index (χ3n) is 2.73. The Morgan fingerprint density at radius 3 is 2.56 bits per heavy atom. The van der Waals surface area contributed by atoms with Crippen molar-refractivity contribution in [3.05, 3.63) is 35.4 Å². The molecule has 0 bridgehead atoms. The molecule has 0 unspecified atom stereocenters. The maximum absolute atomic E-state index is 13.4. The van der Waals surface area contributed by atoms with Gasteiger partial charge in [-0.3, -0.25) is 0 Å². The molecule has 16 heavy (non-hydrogen) atoms. The minimum atomic E-state index is -0.374. The van der Waals surface area contributed by atoms with Crippen LogP contribution in [0.3, 0.4) is 0 Å². The highest BCUT2D eigenvalue weighted by molar-refractivity contribution is 5.20. The molecule has 0 aliphatic rings. The molecular weight excluding hydrogens is 208 g/mol. The quantitative estimate of drug-likeness (QED) is 0.814. The monoisotopic (exact) mass is 227 g/mol. The van der Waals surface area contributed by atoms with Crippen LogP contribution in [0.25, 0.3) is 0 Å². The third kappa shape index (κ3) is 3.89. The zero-order chi connectivity index (χ0) is 12.2. The molecule has 0 amide bonds. The minimum absolute atomic E-state index is 0.0301. The van der Waals surface area contributed by atoms with Crippen LogP contribution < -0.4 is 5.32 Å². The van der Waals surface area contributed by atoms with E-state index in [1.807, 2.05) is 7.05 Å². The van der Waals surface area contributed by atoms with Crippen molar-refractivity contribution in [3.8, 4) is 0 Å². The smallest absolute Gasteiger partial charge is 0.126 e. The predicted octanol–water partition coefficient (Wildman–Crippen LogP) is 3.14. The molecule has 0 radical (unpaired) electrons. The summed E-state index contributed by atoms with van der Waals surface area (Å²) < 4.78 is 26.4. The first-order valence-corrected chi connectivity index (χ1v) is 5.53. The van der Waals surface area contributed by atoms with E-state index < -0.39 is 0 Å². The molecule has 3 heteroatoms. The van der Waals surface area contributed by atoms with Gasteiger partial charge in [-0.25, -0.2) is 8.78 Å². The second-order valence-electron chi connectivity index (χ2n) is 4.93. The summed E-state index contributed by atoms with van der Waals surface area (Å²) in [5, 5.41) is 3.07. The van der Waals surface area contributed by atoms with Crippen LogP contribution in [0.1, 0.15) is 25.8 Å². The van der Waals surface area contributed by atoms with Crippen LogP contribution in [-0.2, 0) is 6.42 Å². The molecule has 0 aromatic heterocycles. The molecule has 0 heterocycles. The number of hydrogen-bond acceptors (Lipinski definition) is 1. The lowest BCUT2D eigenvalue weighted by Crippen LogP contribution is -2.22. The topological polar surface area (TPSA) is 12.0 Å². The molecule has 0 saturated heterocycles. The highest BCUT2D eigenvalue weighted by Crippen LogP contribution is 2.27. The van der Waals surface area contributed by atoms with Gasteiger partial charge in [-0.05, 0) is 55.6 Å². The molecule has 1 nitrogen and oxygen atoms in total. The molecule has 0 spiro atoms. The second kappa shape index (κ2) is 5.39. The maximum Gasteiger partial charge on any atom is 0.126 e. The molecule has 1 aromatic rings. The molecule has 0 fully saturated rings. The van der Waals surface area contributed by atoms with Gasteiger partial charge in [0.25, 0.3) is 0 Å². The summed E-state index contributed by atoms with van der Waals surface area (Å²) in [4.78, 5) is 0. The SMILES string of the molecule is CNCCC(C)(C)Cc1cc(F)ccc1F. The van der Waals surface area contributed by atoms with Gasteiger partial charge in [-0.1, -0.05) is 13.8 Å². The van der Waals surface area contributed by atoms with E-state index >= 15 is 0 Å². The van der Waals surface area contributed by atoms with Crippen LogP contribution in [0.5, 0.6) is 0 Å². The minimum Gasteiger partial charge on any atom is -0.320 e. The van der Waals surface area contributed by atoms with Gasteiger partial charge in [-0.15, -0.1) is 0 Å². The van der Waals surface area contributed by atoms with Gasteiger partial charge in [0.1, 0.15) is 11.6 Å². The van der Waals surface area contributed by atoms with E-state index in [1.54, 1.807) is 0 Å². The van der Waals surface area contributed by atoms with Gasteiger partial charge in [0, 0.05) is 0 Å². The first-order valence-electron chi connectivity index (χ1n) is 5.53. The molecular formula is C13H19F2N. The van der Waals surface area contributed by atoms with Gasteiger partial charge in [0.15, 0.2) is 0 Å². The van der Waals surface area contributed by atoms with Crippen LogP contribution in [0.15, 0.2) is 18.2 Å². The summed E-state index contributed by atoms with van der Waals surface area (Å²) in [5.74, 6) is -0.695. The fourth-order valence-corrected chi connectivity index (χ4v) is 1.75. The van der Waals surface area contributed by atoms with E-state index in [0.29, 0.717) is 12.0 Å². The Balaban J connectivity index is 2.74.